The van der Waals surface area contributed by atoms with Crippen LogP contribution in [0.25, 0.3) is 6.08 Å². The van der Waals surface area contributed by atoms with E-state index in [1.165, 1.54) is 6.08 Å². The number of alkyl halides is 3. The molecule has 0 unspecified atom stereocenters. The maximum absolute atomic E-state index is 12.4. The Hall–Kier alpha value is -1.83. The van der Waals surface area contributed by atoms with Crippen molar-refractivity contribution < 1.29 is 23.1 Å². The van der Waals surface area contributed by atoms with Crippen LogP contribution in [-0.2, 0) is 11.8 Å². The predicted molar refractivity (Wildman–Crippen MR) is 71.4 cm³/mol. The molecule has 0 spiro atoms. The lowest BCUT2D eigenvalue weighted by Crippen LogP contribution is -2.39. The Labute approximate surface area is 120 Å². The van der Waals surface area contributed by atoms with Gasteiger partial charge in [0, 0.05) is 30.9 Å². The standard InChI is InChI=1S/C13H18F3N3O2/c1-9-11(10(2)18(3)17-9)4-5-12(21)19(6-7-20)8-13(14,15)16/h4-5,20H,6-8H2,1-3H3/b5-4+. The highest BCUT2D eigenvalue weighted by Gasteiger charge is 2.32. The van der Waals surface area contributed by atoms with Crippen molar-refractivity contribution >= 4 is 12.0 Å². The third-order valence-electron chi connectivity index (χ3n) is 3.01. The molecule has 0 saturated heterocycles. The van der Waals surface area contributed by atoms with Crippen molar-refractivity contribution in [2.75, 3.05) is 19.7 Å². The van der Waals surface area contributed by atoms with Gasteiger partial charge in [0.15, 0.2) is 0 Å². The lowest BCUT2D eigenvalue weighted by atomic mass is 10.2. The van der Waals surface area contributed by atoms with Crippen molar-refractivity contribution in [1.29, 1.82) is 0 Å². The highest BCUT2D eigenvalue weighted by molar-refractivity contribution is 5.92. The molecule has 0 atom stereocenters. The zero-order chi connectivity index (χ0) is 16.2. The van der Waals surface area contributed by atoms with Gasteiger partial charge < -0.3 is 10.0 Å². The average molecular weight is 305 g/mol. The molecule has 1 rings (SSSR count). The second kappa shape index (κ2) is 6.75. The lowest BCUT2D eigenvalue weighted by Gasteiger charge is -2.21. The van der Waals surface area contributed by atoms with E-state index < -0.39 is 25.2 Å². The van der Waals surface area contributed by atoms with Crippen molar-refractivity contribution in [3.05, 3.63) is 23.0 Å². The molecular weight excluding hydrogens is 287 g/mol. The van der Waals surface area contributed by atoms with E-state index in [9.17, 15) is 18.0 Å². The van der Waals surface area contributed by atoms with E-state index in [4.69, 9.17) is 5.11 Å². The Balaban J connectivity index is 2.88. The van der Waals surface area contributed by atoms with Crippen LogP contribution in [0.4, 0.5) is 13.2 Å². The molecule has 5 nitrogen and oxygen atoms in total. The summed E-state index contributed by atoms with van der Waals surface area (Å²) in [4.78, 5) is 12.4. The summed E-state index contributed by atoms with van der Waals surface area (Å²) in [6.45, 7) is 1.26. The summed E-state index contributed by atoms with van der Waals surface area (Å²) >= 11 is 0. The first-order chi connectivity index (χ1) is 9.65. The van der Waals surface area contributed by atoms with Crippen molar-refractivity contribution in [3.63, 3.8) is 0 Å². The second-order valence-electron chi connectivity index (χ2n) is 4.64. The van der Waals surface area contributed by atoms with Crippen LogP contribution in [-0.4, -0.2) is 51.6 Å². The molecule has 1 aromatic rings. The maximum Gasteiger partial charge on any atom is 0.406 e. The number of nitrogens with zero attached hydrogens (tertiary/aromatic N) is 3. The van der Waals surface area contributed by atoms with Gasteiger partial charge in [-0.1, -0.05) is 0 Å². The van der Waals surface area contributed by atoms with Gasteiger partial charge in [-0.05, 0) is 19.9 Å². The molecule has 1 aromatic heterocycles. The molecule has 0 aromatic carbocycles. The van der Waals surface area contributed by atoms with E-state index in [-0.39, 0.29) is 6.54 Å². The van der Waals surface area contributed by atoms with Gasteiger partial charge >= 0.3 is 6.18 Å². The van der Waals surface area contributed by atoms with Gasteiger partial charge in [0.1, 0.15) is 6.54 Å². The van der Waals surface area contributed by atoms with Crippen LogP contribution in [0.2, 0.25) is 0 Å². The van der Waals surface area contributed by atoms with Crippen molar-refractivity contribution in [3.8, 4) is 0 Å². The van der Waals surface area contributed by atoms with Crippen LogP contribution in [0.1, 0.15) is 17.0 Å². The fraction of sp³-hybridized carbons (Fsp3) is 0.538. The van der Waals surface area contributed by atoms with E-state index >= 15 is 0 Å². The second-order valence-corrected chi connectivity index (χ2v) is 4.64. The van der Waals surface area contributed by atoms with Crippen molar-refractivity contribution in [1.82, 2.24) is 14.7 Å². The van der Waals surface area contributed by atoms with Crippen molar-refractivity contribution in [2.24, 2.45) is 7.05 Å². The zero-order valence-electron chi connectivity index (χ0n) is 12.1. The fourth-order valence-corrected chi connectivity index (χ4v) is 1.90. The number of hydrogen-bond donors (Lipinski definition) is 1. The highest BCUT2D eigenvalue weighted by atomic mass is 19.4. The van der Waals surface area contributed by atoms with Crippen LogP contribution < -0.4 is 0 Å². The number of aliphatic hydroxyl groups excluding tert-OH is 1. The number of amides is 1. The molecule has 0 fully saturated rings. The van der Waals surface area contributed by atoms with Gasteiger partial charge in [-0.2, -0.15) is 18.3 Å². The number of carbonyl (C=O) groups is 1. The Morgan fingerprint density at radius 1 is 1.43 bits per heavy atom. The summed E-state index contributed by atoms with van der Waals surface area (Å²) in [6, 6.07) is 0. The van der Waals surface area contributed by atoms with Crippen molar-refractivity contribution in [2.45, 2.75) is 20.0 Å². The van der Waals surface area contributed by atoms with E-state index in [1.807, 2.05) is 0 Å². The number of carbonyl (C=O) groups excluding carboxylic acids is 1. The number of aryl methyl sites for hydroxylation is 2. The summed E-state index contributed by atoms with van der Waals surface area (Å²) in [5, 5.41) is 12.9. The quantitative estimate of drug-likeness (QED) is 0.837. The summed E-state index contributed by atoms with van der Waals surface area (Å²) in [5.74, 6) is -0.802. The minimum atomic E-state index is -4.50. The average Bonchev–Trinajstić information content (AvgIpc) is 2.59. The van der Waals surface area contributed by atoms with Gasteiger partial charge in [-0.3, -0.25) is 9.48 Å². The minimum absolute atomic E-state index is 0.367. The molecule has 0 aliphatic rings. The number of aromatic nitrogens is 2. The molecule has 1 amide bonds. The largest absolute Gasteiger partial charge is 0.406 e. The molecule has 8 heteroatoms. The number of rotatable bonds is 5. The van der Waals surface area contributed by atoms with E-state index in [0.717, 1.165) is 11.8 Å². The number of aliphatic hydroxyl groups is 1. The molecule has 21 heavy (non-hydrogen) atoms. The summed E-state index contributed by atoms with van der Waals surface area (Å²) in [7, 11) is 1.74. The molecule has 0 aliphatic carbocycles. The maximum atomic E-state index is 12.4. The van der Waals surface area contributed by atoms with E-state index in [0.29, 0.717) is 16.2 Å². The van der Waals surface area contributed by atoms with Gasteiger partial charge in [-0.15, -0.1) is 0 Å². The molecule has 1 heterocycles. The van der Waals surface area contributed by atoms with Crippen LogP contribution in [0, 0.1) is 13.8 Å². The number of hydrogen-bond acceptors (Lipinski definition) is 3. The third kappa shape index (κ3) is 4.89. The Morgan fingerprint density at radius 3 is 2.48 bits per heavy atom. The summed E-state index contributed by atoms with van der Waals surface area (Å²) in [6.07, 6.45) is -1.99. The summed E-state index contributed by atoms with van der Waals surface area (Å²) in [5.41, 5.74) is 2.19. The van der Waals surface area contributed by atoms with Gasteiger partial charge in [0.2, 0.25) is 5.91 Å². The Bertz CT molecular complexity index is 535. The first kappa shape index (κ1) is 17.2. The highest BCUT2D eigenvalue weighted by Crippen LogP contribution is 2.17. The molecule has 118 valence electrons. The Kier molecular flexibility index (Phi) is 5.54. The minimum Gasteiger partial charge on any atom is -0.395 e. The molecular formula is C13H18F3N3O2. The van der Waals surface area contributed by atoms with Gasteiger partial charge in [0.25, 0.3) is 0 Å². The first-order valence-corrected chi connectivity index (χ1v) is 6.30. The lowest BCUT2D eigenvalue weighted by molar-refractivity contribution is -0.158. The Morgan fingerprint density at radius 2 is 2.05 bits per heavy atom. The molecule has 0 radical (unpaired) electrons. The van der Waals surface area contributed by atoms with Crippen LogP contribution >= 0.6 is 0 Å². The molecule has 0 bridgehead atoms. The third-order valence-corrected chi connectivity index (χ3v) is 3.01. The number of halogens is 3. The zero-order valence-corrected chi connectivity index (χ0v) is 12.1. The van der Waals surface area contributed by atoms with Crippen LogP contribution in [0.15, 0.2) is 6.08 Å². The first-order valence-electron chi connectivity index (χ1n) is 6.30. The van der Waals surface area contributed by atoms with E-state index in [1.54, 1.807) is 25.6 Å². The smallest absolute Gasteiger partial charge is 0.395 e. The van der Waals surface area contributed by atoms with Crippen LogP contribution in [0.5, 0.6) is 0 Å². The molecule has 1 N–H and O–H groups in total. The SMILES string of the molecule is Cc1nn(C)c(C)c1/C=C/C(=O)N(CCO)CC(F)(F)F. The topological polar surface area (TPSA) is 58.4 Å². The van der Waals surface area contributed by atoms with E-state index in [2.05, 4.69) is 5.10 Å². The van der Waals surface area contributed by atoms with Gasteiger partial charge in [-0.25, -0.2) is 0 Å². The summed E-state index contributed by atoms with van der Waals surface area (Å²) < 4.78 is 38.7. The molecule has 0 aliphatic heterocycles. The van der Waals surface area contributed by atoms with Crippen LogP contribution in [0.3, 0.4) is 0 Å². The fourth-order valence-electron chi connectivity index (χ4n) is 1.90. The normalized spacial score (nSPS) is 12.1. The molecule has 0 saturated carbocycles. The van der Waals surface area contributed by atoms with Gasteiger partial charge in [0.05, 0.1) is 12.3 Å². The predicted octanol–water partition coefficient (Wildman–Crippen LogP) is 1.43. The monoisotopic (exact) mass is 305 g/mol.